The van der Waals surface area contributed by atoms with Crippen LogP contribution in [0, 0.1) is 5.92 Å². The van der Waals surface area contributed by atoms with Crippen molar-refractivity contribution >= 4 is 45.9 Å². The van der Waals surface area contributed by atoms with Crippen LogP contribution in [0.25, 0.3) is 0 Å². The quantitative estimate of drug-likeness (QED) is 0.369. The van der Waals surface area contributed by atoms with Crippen molar-refractivity contribution in [3.05, 3.63) is 22.2 Å². The van der Waals surface area contributed by atoms with Crippen LogP contribution in [-0.4, -0.2) is 46.0 Å². The van der Waals surface area contributed by atoms with Crippen LogP contribution in [0.2, 0.25) is 0 Å². The van der Waals surface area contributed by atoms with Gasteiger partial charge in [-0.05, 0) is 40.0 Å². The normalized spacial score (nSPS) is 19.6. The molecule has 1 aromatic rings. The molecule has 2 N–H and O–H groups in total. The molecule has 1 fully saturated rings. The smallest absolute Gasteiger partial charge is 0.191 e. The number of nitrogens with one attached hydrogen (secondary N) is 2. The third-order valence-electron chi connectivity index (χ3n) is 3.92. The van der Waals surface area contributed by atoms with Crippen molar-refractivity contribution in [1.82, 2.24) is 10.6 Å². The molecule has 24 heavy (non-hydrogen) atoms. The van der Waals surface area contributed by atoms with Gasteiger partial charge in [0.05, 0.1) is 11.1 Å². The van der Waals surface area contributed by atoms with Crippen LogP contribution in [0.4, 0.5) is 0 Å². The van der Waals surface area contributed by atoms with E-state index in [0.717, 1.165) is 53.7 Å². The largest absolute Gasteiger partial charge is 0.486 e. The van der Waals surface area contributed by atoms with Crippen LogP contribution < -0.4 is 20.1 Å². The minimum atomic E-state index is 0. The molecule has 2 aliphatic heterocycles. The van der Waals surface area contributed by atoms with Gasteiger partial charge in [0.1, 0.15) is 13.2 Å². The van der Waals surface area contributed by atoms with Crippen molar-refractivity contribution in [2.45, 2.75) is 13.0 Å². The van der Waals surface area contributed by atoms with Crippen molar-refractivity contribution in [1.29, 1.82) is 0 Å². The van der Waals surface area contributed by atoms with Crippen LogP contribution in [0.3, 0.4) is 0 Å². The fourth-order valence-corrected chi connectivity index (χ4v) is 3.26. The maximum Gasteiger partial charge on any atom is 0.191 e. The van der Waals surface area contributed by atoms with Gasteiger partial charge in [-0.25, -0.2) is 0 Å². The monoisotopic (exact) mass is 511 g/mol. The van der Waals surface area contributed by atoms with Gasteiger partial charge in [-0.1, -0.05) is 0 Å². The first kappa shape index (κ1) is 19.6. The first-order chi connectivity index (χ1) is 11.3. The van der Waals surface area contributed by atoms with Crippen molar-refractivity contribution in [3.63, 3.8) is 0 Å². The van der Waals surface area contributed by atoms with Crippen LogP contribution in [0.15, 0.2) is 21.6 Å². The van der Waals surface area contributed by atoms with Crippen molar-refractivity contribution in [2.75, 3.05) is 40.0 Å². The second-order valence-electron chi connectivity index (χ2n) is 5.64. The lowest BCUT2D eigenvalue weighted by Gasteiger charge is -2.21. The Balaban J connectivity index is 0.00000208. The van der Waals surface area contributed by atoms with E-state index in [1.807, 2.05) is 12.1 Å². The number of ether oxygens (including phenoxy) is 3. The molecule has 1 atom stereocenters. The van der Waals surface area contributed by atoms with Crippen LogP contribution in [0.5, 0.6) is 11.5 Å². The average molecular weight is 512 g/mol. The maximum atomic E-state index is 5.65. The Bertz CT molecular complexity index is 580. The van der Waals surface area contributed by atoms with Crippen molar-refractivity contribution < 1.29 is 14.2 Å². The zero-order valence-corrected chi connectivity index (χ0v) is 17.6. The molecule has 1 saturated heterocycles. The lowest BCUT2D eigenvalue weighted by atomic mass is 10.1. The number of halogens is 2. The van der Waals surface area contributed by atoms with E-state index in [1.165, 1.54) is 0 Å². The predicted molar refractivity (Wildman–Crippen MR) is 108 cm³/mol. The molecule has 1 aromatic carbocycles. The third kappa shape index (κ3) is 5.13. The fraction of sp³-hybridized carbons (Fsp3) is 0.562. The van der Waals surface area contributed by atoms with E-state index < -0.39 is 0 Å². The number of benzene rings is 1. The highest BCUT2D eigenvalue weighted by atomic mass is 127. The molecule has 8 heteroatoms. The van der Waals surface area contributed by atoms with Gasteiger partial charge in [0.25, 0.3) is 0 Å². The van der Waals surface area contributed by atoms with E-state index >= 15 is 0 Å². The summed E-state index contributed by atoms with van der Waals surface area (Å²) in [6.45, 7) is 4.41. The summed E-state index contributed by atoms with van der Waals surface area (Å²) in [5.74, 6) is 2.93. The molecule has 0 saturated carbocycles. The lowest BCUT2D eigenvalue weighted by Crippen LogP contribution is -2.39. The topological polar surface area (TPSA) is 64.1 Å². The van der Waals surface area contributed by atoms with E-state index in [9.17, 15) is 0 Å². The lowest BCUT2D eigenvalue weighted by molar-refractivity contribution is 0.170. The zero-order valence-electron chi connectivity index (χ0n) is 13.6. The summed E-state index contributed by atoms with van der Waals surface area (Å²) in [5, 5.41) is 6.67. The molecule has 0 aliphatic carbocycles. The molecular formula is C16H23BrIN3O3. The molecule has 2 aliphatic rings. The highest BCUT2D eigenvalue weighted by Crippen LogP contribution is 2.38. The van der Waals surface area contributed by atoms with Gasteiger partial charge in [0.15, 0.2) is 17.5 Å². The molecular weight excluding hydrogens is 489 g/mol. The predicted octanol–water partition coefficient (Wildman–Crippen LogP) is 2.54. The molecule has 0 amide bonds. The molecule has 0 bridgehead atoms. The minimum Gasteiger partial charge on any atom is -0.486 e. The van der Waals surface area contributed by atoms with Crippen molar-refractivity contribution in [3.8, 4) is 11.5 Å². The molecule has 0 aromatic heterocycles. The average Bonchev–Trinajstić information content (AvgIpc) is 3.08. The number of rotatable bonds is 4. The standard InChI is InChI=1S/C16H22BrN3O3.HI/c1-18-16(19-8-11-2-3-21-10-11)20-9-12-6-13(17)15-14(7-12)22-4-5-23-15;/h6-7,11H,2-5,8-10H2,1H3,(H2,18,19,20);1H. The molecule has 2 heterocycles. The highest BCUT2D eigenvalue weighted by Gasteiger charge is 2.17. The fourth-order valence-electron chi connectivity index (χ4n) is 2.66. The van der Waals surface area contributed by atoms with Crippen LogP contribution >= 0.6 is 39.9 Å². The summed E-state index contributed by atoms with van der Waals surface area (Å²) in [6, 6.07) is 4.04. The number of guanidine groups is 1. The molecule has 0 spiro atoms. The van der Waals surface area contributed by atoms with Gasteiger partial charge in [-0.3, -0.25) is 4.99 Å². The second-order valence-corrected chi connectivity index (χ2v) is 6.49. The Hall–Kier alpha value is -0.740. The molecule has 134 valence electrons. The van der Waals surface area contributed by atoms with Crippen molar-refractivity contribution in [2.24, 2.45) is 10.9 Å². The van der Waals surface area contributed by atoms with E-state index in [2.05, 4.69) is 31.6 Å². The Morgan fingerprint density at radius 3 is 2.83 bits per heavy atom. The number of hydrogen-bond acceptors (Lipinski definition) is 4. The van der Waals surface area contributed by atoms with Gasteiger partial charge < -0.3 is 24.8 Å². The summed E-state index contributed by atoms with van der Waals surface area (Å²) >= 11 is 3.54. The third-order valence-corrected chi connectivity index (χ3v) is 4.51. The number of hydrogen-bond donors (Lipinski definition) is 2. The molecule has 1 unspecified atom stereocenters. The van der Waals surface area contributed by atoms with E-state index in [-0.39, 0.29) is 24.0 Å². The SMILES string of the molecule is CN=C(NCc1cc(Br)c2c(c1)OCCO2)NCC1CCOC1.I. The molecule has 3 rings (SSSR count). The Morgan fingerprint density at radius 1 is 1.25 bits per heavy atom. The van der Waals surface area contributed by atoms with Gasteiger partial charge in [-0.2, -0.15) is 0 Å². The van der Waals surface area contributed by atoms with E-state index in [4.69, 9.17) is 14.2 Å². The number of aliphatic imine (C=N–C) groups is 1. The summed E-state index contributed by atoms with van der Waals surface area (Å²) in [4.78, 5) is 4.26. The van der Waals surface area contributed by atoms with Gasteiger partial charge >= 0.3 is 0 Å². The van der Waals surface area contributed by atoms with Gasteiger partial charge in [-0.15, -0.1) is 24.0 Å². The summed E-state index contributed by atoms with van der Waals surface area (Å²) in [7, 11) is 1.78. The Labute approximate surface area is 167 Å². The van der Waals surface area contributed by atoms with Gasteiger partial charge in [0.2, 0.25) is 0 Å². The highest BCUT2D eigenvalue weighted by molar-refractivity contribution is 14.0. The molecule has 6 nitrogen and oxygen atoms in total. The molecule has 0 radical (unpaired) electrons. The summed E-state index contributed by atoms with van der Waals surface area (Å²) in [5.41, 5.74) is 1.10. The minimum absolute atomic E-state index is 0. The first-order valence-corrected chi connectivity index (χ1v) is 8.66. The van der Waals surface area contributed by atoms with Crippen LogP contribution in [0.1, 0.15) is 12.0 Å². The van der Waals surface area contributed by atoms with E-state index in [0.29, 0.717) is 25.7 Å². The number of nitrogens with zero attached hydrogens (tertiary/aromatic N) is 1. The number of fused-ring (bicyclic) bond motifs is 1. The first-order valence-electron chi connectivity index (χ1n) is 7.86. The van der Waals surface area contributed by atoms with Gasteiger partial charge in [0, 0.05) is 32.7 Å². The zero-order chi connectivity index (χ0) is 16.1. The summed E-state index contributed by atoms with van der Waals surface area (Å²) < 4.78 is 17.6. The van der Waals surface area contributed by atoms with Crippen LogP contribution in [-0.2, 0) is 11.3 Å². The summed E-state index contributed by atoms with van der Waals surface area (Å²) in [6.07, 6.45) is 1.11. The Kier molecular flexibility index (Phi) is 7.89. The maximum absolute atomic E-state index is 5.65. The van der Waals surface area contributed by atoms with E-state index in [1.54, 1.807) is 7.05 Å². The second kappa shape index (κ2) is 9.67. The Morgan fingerprint density at radius 2 is 2.08 bits per heavy atom.